The van der Waals surface area contributed by atoms with Crippen LogP contribution in [0.15, 0.2) is 54.6 Å². The minimum Gasteiger partial charge on any atom is -0.492 e. The second-order valence-electron chi connectivity index (χ2n) is 8.31. The van der Waals surface area contributed by atoms with Gasteiger partial charge in [-0.05, 0) is 44.4 Å². The van der Waals surface area contributed by atoms with Gasteiger partial charge in [-0.25, -0.2) is 8.42 Å². The summed E-state index contributed by atoms with van der Waals surface area (Å²) in [5.41, 5.74) is 1.36. The molecule has 9 heteroatoms. The molecule has 1 atom stereocenters. The molecule has 0 saturated carbocycles. The van der Waals surface area contributed by atoms with E-state index in [2.05, 4.69) is 5.32 Å². The molecule has 192 valence electrons. The predicted octanol–water partition coefficient (Wildman–Crippen LogP) is 3.58. The quantitative estimate of drug-likeness (QED) is 0.425. The number of benzene rings is 2. The fraction of sp³-hybridized carbons (Fsp3) is 0.462. The summed E-state index contributed by atoms with van der Waals surface area (Å²) in [4.78, 5) is 27.4. The van der Waals surface area contributed by atoms with Gasteiger partial charge < -0.3 is 15.0 Å². The molecule has 2 aromatic carbocycles. The van der Waals surface area contributed by atoms with Gasteiger partial charge in [0.05, 0.1) is 18.6 Å². The molecule has 8 nitrogen and oxygen atoms in total. The Morgan fingerprint density at radius 3 is 2.31 bits per heavy atom. The van der Waals surface area contributed by atoms with Crippen LogP contribution >= 0.6 is 0 Å². The van der Waals surface area contributed by atoms with Crippen LogP contribution in [0.5, 0.6) is 5.75 Å². The van der Waals surface area contributed by atoms with Crippen molar-refractivity contribution in [3.8, 4) is 5.75 Å². The van der Waals surface area contributed by atoms with Crippen LogP contribution in [0.2, 0.25) is 0 Å². The van der Waals surface area contributed by atoms with Crippen molar-refractivity contribution in [2.45, 2.75) is 52.6 Å². The molecular formula is C26H37N3O5S. The zero-order valence-electron chi connectivity index (χ0n) is 21.1. The number of rotatable bonds is 14. The first-order chi connectivity index (χ1) is 16.7. The highest BCUT2D eigenvalue weighted by molar-refractivity contribution is 7.92. The first-order valence-electron chi connectivity index (χ1n) is 12.0. The average Bonchev–Trinajstić information content (AvgIpc) is 2.83. The second-order valence-corrected chi connectivity index (χ2v) is 10.2. The maximum Gasteiger partial charge on any atom is 0.242 e. The first kappa shape index (κ1) is 28.2. The smallest absolute Gasteiger partial charge is 0.242 e. The van der Waals surface area contributed by atoms with E-state index in [9.17, 15) is 18.0 Å². The van der Waals surface area contributed by atoms with Crippen LogP contribution in [-0.2, 0) is 26.2 Å². The van der Waals surface area contributed by atoms with Crippen molar-refractivity contribution in [3.05, 3.63) is 60.2 Å². The number of para-hydroxylation sites is 2. The van der Waals surface area contributed by atoms with Gasteiger partial charge >= 0.3 is 0 Å². The van der Waals surface area contributed by atoms with Crippen LogP contribution in [0.3, 0.4) is 0 Å². The molecule has 0 spiro atoms. The number of sulfonamides is 1. The molecule has 0 aromatic heterocycles. The Hall–Kier alpha value is -3.07. The normalized spacial score (nSPS) is 12.0. The highest BCUT2D eigenvalue weighted by atomic mass is 32.2. The molecule has 0 aliphatic carbocycles. The van der Waals surface area contributed by atoms with E-state index >= 15 is 0 Å². The van der Waals surface area contributed by atoms with Gasteiger partial charge in [0, 0.05) is 26.1 Å². The molecule has 2 aromatic rings. The second kappa shape index (κ2) is 13.7. The number of hydrogen-bond donors (Lipinski definition) is 1. The van der Waals surface area contributed by atoms with Crippen LogP contribution in [0.25, 0.3) is 0 Å². The Morgan fingerprint density at radius 2 is 1.69 bits per heavy atom. The van der Waals surface area contributed by atoms with E-state index < -0.39 is 16.1 Å². The molecular weight excluding hydrogens is 466 g/mol. The van der Waals surface area contributed by atoms with E-state index in [0.717, 1.165) is 18.2 Å². The number of amides is 2. The van der Waals surface area contributed by atoms with Gasteiger partial charge in [0.25, 0.3) is 0 Å². The van der Waals surface area contributed by atoms with Gasteiger partial charge in [0.1, 0.15) is 11.8 Å². The third kappa shape index (κ3) is 8.58. The largest absolute Gasteiger partial charge is 0.492 e. The Balaban J connectivity index is 2.16. The molecule has 0 fully saturated rings. The number of nitrogens with zero attached hydrogens (tertiary/aromatic N) is 2. The summed E-state index contributed by atoms with van der Waals surface area (Å²) in [6, 6.07) is 15.8. The molecule has 2 rings (SSSR count). The van der Waals surface area contributed by atoms with E-state index in [-0.39, 0.29) is 24.8 Å². The van der Waals surface area contributed by atoms with Crippen molar-refractivity contribution >= 4 is 27.5 Å². The lowest BCUT2D eigenvalue weighted by molar-refractivity contribution is -0.140. The monoisotopic (exact) mass is 503 g/mol. The molecule has 0 saturated heterocycles. The van der Waals surface area contributed by atoms with E-state index in [1.54, 1.807) is 36.1 Å². The van der Waals surface area contributed by atoms with E-state index in [1.165, 1.54) is 4.31 Å². The standard InChI is InChI=1S/C26H37N3O5S/c1-5-18-27-26(31)21(3)28(20-22-13-8-7-9-14-22)25(30)17-12-19-29(35(4,32)33)23-15-10-11-16-24(23)34-6-2/h7-11,13-16,21H,5-6,12,17-20H2,1-4H3,(H,27,31). The van der Waals surface area contributed by atoms with Gasteiger partial charge in [-0.15, -0.1) is 0 Å². The Morgan fingerprint density at radius 1 is 1.03 bits per heavy atom. The molecule has 0 heterocycles. The molecule has 1 unspecified atom stereocenters. The number of carbonyl (C=O) groups is 2. The lowest BCUT2D eigenvalue weighted by atomic mass is 10.1. The zero-order valence-corrected chi connectivity index (χ0v) is 21.9. The molecule has 1 N–H and O–H groups in total. The summed E-state index contributed by atoms with van der Waals surface area (Å²) in [5, 5.41) is 2.85. The first-order valence-corrected chi connectivity index (χ1v) is 13.8. The van der Waals surface area contributed by atoms with Gasteiger partial charge in [-0.1, -0.05) is 49.4 Å². The summed E-state index contributed by atoms with van der Waals surface area (Å²) in [5.74, 6) is 0.0535. The number of hydrogen-bond acceptors (Lipinski definition) is 5. The third-order valence-corrected chi connectivity index (χ3v) is 6.68. The average molecular weight is 504 g/mol. The predicted molar refractivity (Wildman–Crippen MR) is 139 cm³/mol. The van der Waals surface area contributed by atoms with Crippen molar-refractivity contribution < 1.29 is 22.7 Å². The van der Waals surface area contributed by atoms with Crippen LogP contribution in [-0.4, -0.2) is 57.1 Å². The van der Waals surface area contributed by atoms with Gasteiger partial charge in [0.2, 0.25) is 21.8 Å². The van der Waals surface area contributed by atoms with E-state index in [4.69, 9.17) is 4.74 Å². The molecule has 0 aliphatic rings. The topological polar surface area (TPSA) is 96.0 Å². The Kier molecular flexibility index (Phi) is 11.0. The highest BCUT2D eigenvalue weighted by Gasteiger charge is 2.27. The zero-order chi connectivity index (χ0) is 25.8. The van der Waals surface area contributed by atoms with Gasteiger partial charge in [-0.2, -0.15) is 0 Å². The number of ether oxygens (including phenoxy) is 1. The Bertz CT molecular complexity index is 1060. The van der Waals surface area contributed by atoms with Crippen LogP contribution in [0, 0.1) is 0 Å². The molecule has 35 heavy (non-hydrogen) atoms. The van der Waals surface area contributed by atoms with E-state index in [0.29, 0.717) is 37.6 Å². The fourth-order valence-corrected chi connectivity index (χ4v) is 4.65. The minimum atomic E-state index is -3.60. The third-order valence-electron chi connectivity index (χ3n) is 5.50. The fourth-order valence-electron chi connectivity index (χ4n) is 3.68. The van der Waals surface area contributed by atoms with Gasteiger partial charge in [0.15, 0.2) is 0 Å². The SMILES string of the molecule is CCCNC(=O)C(C)N(Cc1ccccc1)C(=O)CCCN(c1ccccc1OCC)S(C)(=O)=O. The van der Waals surface area contributed by atoms with Crippen LogP contribution in [0.1, 0.15) is 45.6 Å². The van der Waals surface area contributed by atoms with Crippen molar-refractivity contribution in [3.63, 3.8) is 0 Å². The molecule has 0 radical (unpaired) electrons. The molecule has 2 amide bonds. The molecule has 0 bridgehead atoms. The Labute approximate surface area is 209 Å². The van der Waals surface area contributed by atoms with Crippen LogP contribution < -0.4 is 14.4 Å². The van der Waals surface area contributed by atoms with Crippen LogP contribution in [0.4, 0.5) is 5.69 Å². The van der Waals surface area contributed by atoms with Crippen molar-refractivity contribution in [2.75, 3.05) is 30.3 Å². The minimum absolute atomic E-state index is 0.0983. The molecule has 0 aliphatic heterocycles. The van der Waals surface area contributed by atoms with E-state index in [1.807, 2.05) is 44.2 Å². The summed E-state index contributed by atoms with van der Waals surface area (Å²) in [6.45, 7) is 6.87. The number of carbonyl (C=O) groups excluding carboxylic acids is 2. The van der Waals surface area contributed by atoms with Crippen molar-refractivity contribution in [2.24, 2.45) is 0 Å². The lowest BCUT2D eigenvalue weighted by Gasteiger charge is -2.29. The number of anilines is 1. The maximum absolute atomic E-state index is 13.3. The summed E-state index contributed by atoms with van der Waals surface area (Å²) in [7, 11) is -3.60. The summed E-state index contributed by atoms with van der Waals surface area (Å²) >= 11 is 0. The summed E-state index contributed by atoms with van der Waals surface area (Å²) in [6.07, 6.45) is 2.33. The highest BCUT2D eigenvalue weighted by Crippen LogP contribution is 2.30. The maximum atomic E-state index is 13.3. The summed E-state index contributed by atoms with van der Waals surface area (Å²) < 4.78 is 32.0. The number of nitrogens with one attached hydrogen (secondary N) is 1. The van der Waals surface area contributed by atoms with Crippen molar-refractivity contribution in [1.82, 2.24) is 10.2 Å². The van der Waals surface area contributed by atoms with Gasteiger partial charge in [-0.3, -0.25) is 13.9 Å². The van der Waals surface area contributed by atoms with Crippen molar-refractivity contribution in [1.29, 1.82) is 0 Å². The lowest BCUT2D eigenvalue weighted by Crippen LogP contribution is -2.47.